The molecule has 3 heterocycles. The minimum atomic E-state index is -10.0. The second-order valence-corrected chi connectivity index (χ2v) is 12.9. The maximum Gasteiger partial charge on any atom is 0.310 e. The van der Waals surface area contributed by atoms with E-state index in [2.05, 4.69) is 15.6 Å². The van der Waals surface area contributed by atoms with Gasteiger partial charge in [0, 0.05) is 49.8 Å². The van der Waals surface area contributed by atoms with Crippen molar-refractivity contribution in [1.82, 2.24) is 20.5 Å². The molecular formula is C27H33F5N6O3S. The lowest BCUT2D eigenvalue weighted by Gasteiger charge is -2.41. The smallest absolute Gasteiger partial charge is 0.310 e. The van der Waals surface area contributed by atoms with Crippen molar-refractivity contribution in [1.29, 1.82) is 5.26 Å². The van der Waals surface area contributed by atoms with Crippen LogP contribution in [-0.4, -0.2) is 66.6 Å². The Balaban J connectivity index is 1.74. The van der Waals surface area contributed by atoms with Gasteiger partial charge in [0.1, 0.15) is 17.0 Å². The number of halogens is 5. The van der Waals surface area contributed by atoms with Gasteiger partial charge in [0.2, 0.25) is 5.91 Å². The van der Waals surface area contributed by atoms with Crippen molar-refractivity contribution in [2.45, 2.75) is 61.2 Å². The molecule has 15 heteroatoms. The van der Waals surface area contributed by atoms with E-state index in [1.54, 1.807) is 0 Å². The molecule has 4 unspecified atom stereocenters. The molecule has 230 valence electrons. The van der Waals surface area contributed by atoms with Gasteiger partial charge in [-0.1, -0.05) is 31.9 Å². The fourth-order valence-corrected chi connectivity index (χ4v) is 5.98. The van der Waals surface area contributed by atoms with Gasteiger partial charge < -0.3 is 15.4 Å². The van der Waals surface area contributed by atoms with Crippen LogP contribution in [0.5, 0.6) is 0 Å². The standard InChI is InChI=1S/C27H33F5N6O3S/c1-41-22-15-24(37(17-22)18-33)27(40)38(21-7-9-23(10-8-21)42(28,29,30,31)32)25(19-5-4-12-34-16-19)26(39)36-14-11-20-6-2-3-13-35-20/h4-5,7-10,12,16,20,22,24-25,35H,2-3,6,11,13-15,17H2,1H3,(H,36,39). The average Bonchev–Trinajstić information content (AvgIpc) is 3.39. The van der Waals surface area contributed by atoms with Crippen molar-refractivity contribution in [3.05, 3.63) is 54.4 Å². The van der Waals surface area contributed by atoms with E-state index >= 15 is 0 Å². The summed E-state index contributed by atoms with van der Waals surface area (Å²) in [6.07, 6.45) is 7.95. The molecular weight excluding hydrogens is 583 g/mol. The highest BCUT2D eigenvalue weighted by Crippen LogP contribution is 3.02. The van der Waals surface area contributed by atoms with Crippen LogP contribution in [-0.2, 0) is 14.3 Å². The first-order valence-corrected chi connectivity index (χ1v) is 15.4. The van der Waals surface area contributed by atoms with Gasteiger partial charge in [0.05, 0.1) is 12.6 Å². The molecule has 0 saturated carbocycles. The van der Waals surface area contributed by atoms with E-state index in [9.17, 15) is 34.3 Å². The number of hydrogen-bond donors (Lipinski definition) is 2. The molecule has 2 amide bonds. The molecule has 0 spiro atoms. The molecule has 2 N–H and O–H groups in total. The Morgan fingerprint density at radius 1 is 1.21 bits per heavy atom. The number of hydrogen-bond acceptors (Lipinski definition) is 7. The normalized spacial score (nSPS) is 23.3. The number of amides is 2. The lowest BCUT2D eigenvalue weighted by atomic mass is 10.0. The van der Waals surface area contributed by atoms with E-state index in [1.165, 1.54) is 36.5 Å². The van der Waals surface area contributed by atoms with Crippen molar-refractivity contribution in [2.75, 3.05) is 31.6 Å². The van der Waals surface area contributed by atoms with Crippen molar-refractivity contribution in [3.8, 4) is 6.19 Å². The summed E-state index contributed by atoms with van der Waals surface area (Å²) in [5.74, 6) is -1.43. The summed E-state index contributed by atoms with van der Waals surface area (Å²) in [6.45, 7) is 1.20. The number of nitriles is 1. The number of pyridine rings is 1. The van der Waals surface area contributed by atoms with Gasteiger partial charge in [0.25, 0.3) is 5.91 Å². The number of nitrogens with zero attached hydrogens (tertiary/aromatic N) is 4. The second-order valence-electron chi connectivity index (χ2n) is 10.4. The van der Waals surface area contributed by atoms with E-state index in [1.807, 2.05) is 6.19 Å². The Bertz CT molecular complexity index is 1310. The number of piperidine rings is 1. The summed E-state index contributed by atoms with van der Waals surface area (Å²) in [7, 11) is -8.60. The molecule has 2 fully saturated rings. The monoisotopic (exact) mass is 616 g/mol. The van der Waals surface area contributed by atoms with Gasteiger partial charge in [-0.05, 0) is 56.1 Å². The molecule has 42 heavy (non-hydrogen) atoms. The lowest BCUT2D eigenvalue weighted by molar-refractivity contribution is -0.128. The maximum atomic E-state index is 14.1. The molecule has 4 rings (SSSR count). The Labute approximate surface area is 240 Å². The molecule has 2 aliphatic rings. The highest BCUT2D eigenvalue weighted by molar-refractivity contribution is 8.45. The first kappa shape index (κ1) is 31.5. The maximum absolute atomic E-state index is 14.1. The molecule has 0 aliphatic carbocycles. The topological polar surface area (TPSA) is 111 Å². The van der Waals surface area contributed by atoms with Crippen LogP contribution in [0.15, 0.2) is 53.7 Å². The number of ether oxygens (including phenoxy) is 1. The predicted octanol–water partition coefficient (Wildman–Crippen LogP) is 5.03. The van der Waals surface area contributed by atoms with Crippen LogP contribution in [0.4, 0.5) is 25.1 Å². The van der Waals surface area contributed by atoms with Crippen LogP contribution < -0.4 is 15.5 Å². The van der Waals surface area contributed by atoms with Gasteiger partial charge in [-0.2, -0.15) is 5.26 Å². The van der Waals surface area contributed by atoms with Gasteiger partial charge in [0.15, 0.2) is 6.19 Å². The first-order chi connectivity index (χ1) is 19.7. The fraction of sp³-hybridized carbons (Fsp3) is 0.481. The summed E-state index contributed by atoms with van der Waals surface area (Å²) >= 11 is 0. The number of methoxy groups -OCH3 is 1. The number of rotatable bonds is 10. The van der Waals surface area contributed by atoms with E-state index < -0.39 is 45.1 Å². The molecule has 0 bridgehead atoms. The average molecular weight is 617 g/mol. The van der Waals surface area contributed by atoms with Gasteiger partial charge >= 0.3 is 10.2 Å². The van der Waals surface area contributed by atoms with Crippen molar-refractivity contribution < 1.29 is 33.8 Å². The summed E-state index contributed by atoms with van der Waals surface area (Å²) in [5, 5.41) is 15.9. The lowest BCUT2D eigenvalue weighted by Crippen LogP contribution is -2.50. The first-order valence-electron chi connectivity index (χ1n) is 13.5. The molecule has 4 atom stereocenters. The van der Waals surface area contributed by atoms with E-state index in [0.29, 0.717) is 6.42 Å². The zero-order valence-corrected chi connectivity index (χ0v) is 23.7. The van der Waals surface area contributed by atoms with Crippen molar-refractivity contribution in [2.24, 2.45) is 0 Å². The van der Waals surface area contributed by atoms with E-state index in [-0.39, 0.29) is 48.9 Å². The summed E-state index contributed by atoms with van der Waals surface area (Å²) in [4.78, 5) is 31.9. The third kappa shape index (κ3) is 7.47. The van der Waals surface area contributed by atoms with Gasteiger partial charge in [-0.15, -0.1) is 0 Å². The minimum absolute atomic E-state index is 0.0671. The number of nitrogens with one attached hydrogen (secondary N) is 2. The van der Waals surface area contributed by atoms with E-state index in [0.717, 1.165) is 42.8 Å². The third-order valence-corrected chi connectivity index (χ3v) is 8.68. The van der Waals surface area contributed by atoms with Crippen LogP contribution in [0, 0.1) is 11.5 Å². The predicted molar refractivity (Wildman–Crippen MR) is 147 cm³/mol. The molecule has 9 nitrogen and oxygen atoms in total. The summed E-state index contributed by atoms with van der Waals surface area (Å²) < 4.78 is 72.8. The Morgan fingerprint density at radius 2 is 1.95 bits per heavy atom. The molecule has 0 radical (unpaired) electrons. The van der Waals surface area contributed by atoms with E-state index in [4.69, 9.17) is 4.74 Å². The minimum Gasteiger partial charge on any atom is -0.379 e. The van der Waals surface area contributed by atoms with Crippen LogP contribution in [0.3, 0.4) is 0 Å². The summed E-state index contributed by atoms with van der Waals surface area (Å²) in [5.41, 5.74) is 0.00281. The highest BCUT2D eigenvalue weighted by Gasteiger charge is 2.65. The van der Waals surface area contributed by atoms with Crippen LogP contribution in [0.25, 0.3) is 0 Å². The van der Waals surface area contributed by atoms with Crippen LogP contribution in [0.1, 0.15) is 43.7 Å². The Hall–Kier alpha value is -3.48. The van der Waals surface area contributed by atoms with Gasteiger partial charge in [-0.3, -0.25) is 24.4 Å². The zero-order valence-electron chi connectivity index (χ0n) is 22.9. The summed E-state index contributed by atoms with van der Waals surface area (Å²) in [6, 6.07) is 2.55. The SMILES string of the molecule is COC1CC(C(=O)N(c2ccc(S(F)(F)(F)(F)F)cc2)C(C(=O)NCCC2CCCCN2)c2cccnc2)N(C#N)C1. The second kappa shape index (κ2) is 11.7. The number of carbonyl (C=O) groups is 2. The molecule has 2 aliphatic heterocycles. The number of aromatic nitrogens is 1. The van der Waals surface area contributed by atoms with Crippen LogP contribution in [0.2, 0.25) is 0 Å². The number of carbonyl (C=O) groups excluding carboxylic acids is 2. The Kier molecular flexibility index (Phi) is 8.73. The van der Waals surface area contributed by atoms with Crippen molar-refractivity contribution >= 4 is 27.7 Å². The van der Waals surface area contributed by atoms with Crippen molar-refractivity contribution in [3.63, 3.8) is 0 Å². The molecule has 1 aromatic carbocycles. The quantitative estimate of drug-likeness (QED) is 0.285. The number of anilines is 1. The number of likely N-dealkylation sites (tertiary alicyclic amines) is 1. The van der Waals surface area contributed by atoms with Gasteiger partial charge in [-0.25, -0.2) is 0 Å². The molecule has 2 saturated heterocycles. The largest absolute Gasteiger partial charge is 0.379 e. The Morgan fingerprint density at radius 3 is 2.52 bits per heavy atom. The highest BCUT2D eigenvalue weighted by atomic mass is 32.5. The molecule has 2 aromatic rings. The third-order valence-electron chi connectivity index (χ3n) is 7.52. The zero-order chi connectivity index (χ0) is 30.6. The van der Waals surface area contributed by atoms with Crippen LogP contribution >= 0.6 is 10.2 Å². The number of benzene rings is 1. The molecule has 1 aromatic heterocycles. The fourth-order valence-electron chi connectivity index (χ4n) is 5.33.